The predicted molar refractivity (Wildman–Crippen MR) is 80.7 cm³/mol. The Morgan fingerprint density at radius 3 is 3.05 bits per heavy atom. The molecular weight excluding hydrogens is 270 g/mol. The van der Waals surface area contributed by atoms with Gasteiger partial charge < -0.3 is 5.11 Å². The maximum atomic E-state index is 10.3. The Labute approximate surface area is 121 Å². The van der Waals surface area contributed by atoms with Gasteiger partial charge in [-0.2, -0.15) is 0 Å². The molecule has 0 saturated heterocycles. The molecule has 5 heteroatoms. The summed E-state index contributed by atoms with van der Waals surface area (Å²) in [6.45, 7) is 4.29. The highest BCUT2D eigenvalue weighted by Gasteiger charge is 2.14. The molecule has 102 valence electrons. The second-order valence-corrected chi connectivity index (χ2v) is 5.74. The third-order valence-electron chi connectivity index (χ3n) is 3.08. The third kappa shape index (κ3) is 2.64. The SMILES string of the molecule is C=CCn1cc(CC(O)c2cc3ccccc3s2)nn1. The number of thiophene rings is 1. The second-order valence-electron chi connectivity index (χ2n) is 4.63. The minimum atomic E-state index is -0.540. The molecule has 0 aliphatic rings. The summed E-state index contributed by atoms with van der Waals surface area (Å²) in [4.78, 5) is 0.962. The first-order chi connectivity index (χ1) is 9.76. The normalized spacial score (nSPS) is 12.7. The molecule has 1 atom stereocenters. The van der Waals surface area contributed by atoms with Crippen LogP contribution in [0.4, 0.5) is 0 Å². The molecule has 4 nitrogen and oxygen atoms in total. The number of rotatable bonds is 5. The summed E-state index contributed by atoms with van der Waals surface area (Å²) in [5.41, 5.74) is 0.789. The molecule has 2 heterocycles. The van der Waals surface area contributed by atoms with E-state index in [0.29, 0.717) is 13.0 Å². The topological polar surface area (TPSA) is 50.9 Å². The molecule has 0 amide bonds. The summed E-state index contributed by atoms with van der Waals surface area (Å²) in [5, 5.41) is 19.5. The highest BCUT2D eigenvalue weighted by atomic mass is 32.1. The molecular formula is C15H15N3OS. The molecule has 2 aromatic heterocycles. The Morgan fingerprint density at radius 2 is 2.25 bits per heavy atom. The standard InChI is InChI=1S/C15H15N3OS/c1-2-7-18-10-12(16-17-18)9-13(19)15-8-11-5-3-4-6-14(11)20-15/h2-6,8,10,13,19H,1,7,9H2. The zero-order chi connectivity index (χ0) is 13.9. The van der Waals surface area contributed by atoms with Gasteiger partial charge in [-0.25, -0.2) is 4.68 Å². The fraction of sp³-hybridized carbons (Fsp3) is 0.200. The van der Waals surface area contributed by atoms with Crippen molar-refractivity contribution < 1.29 is 5.11 Å². The molecule has 20 heavy (non-hydrogen) atoms. The van der Waals surface area contributed by atoms with Crippen LogP contribution in [-0.2, 0) is 13.0 Å². The number of allylic oxidation sites excluding steroid dienone is 1. The van der Waals surface area contributed by atoms with E-state index >= 15 is 0 Å². The van der Waals surface area contributed by atoms with Gasteiger partial charge in [-0.1, -0.05) is 29.5 Å². The van der Waals surface area contributed by atoms with E-state index in [1.54, 1.807) is 22.1 Å². The highest BCUT2D eigenvalue weighted by molar-refractivity contribution is 7.19. The Hall–Kier alpha value is -1.98. The quantitative estimate of drug-likeness (QED) is 0.733. The van der Waals surface area contributed by atoms with Gasteiger partial charge in [0, 0.05) is 22.2 Å². The van der Waals surface area contributed by atoms with Crippen LogP contribution in [-0.4, -0.2) is 20.1 Å². The van der Waals surface area contributed by atoms with Crippen molar-refractivity contribution in [2.24, 2.45) is 0 Å². The Balaban J connectivity index is 1.77. The molecule has 0 saturated carbocycles. The van der Waals surface area contributed by atoms with Crippen LogP contribution >= 0.6 is 11.3 Å². The van der Waals surface area contributed by atoms with Crippen molar-refractivity contribution in [2.45, 2.75) is 19.1 Å². The van der Waals surface area contributed by atoms with Crippen LogP contribution in [0, 0.1) is 0 Å². The minimum Gasteiger partial charge on any atom is -0.387 e. The van der Waals surface area contributed by atoms with Crippen molar-refractivity contribution in [3.63, 3.8) is 0 Å². The van der Waals surface area contributed by atoms with Gasteiger partial charge in [0.2, 0.25) is 0 Å². The number of hydrogen-bond donors (Lipinski definition) is 1. The number of aliphatic hydroxyl groups is 1. The zero-order valence-electron chi connectivity index (χ0n) is 10.9. The van der Waals surface area contributed by atoms with Gasteiger partial charge in [0.25, 0.3) is 0 Å². The maximum absolute atomic E-state index is 10.3. The molecule has 3 rings (SSSR count). The van der Waals surface area contributed by atoms with Crippen LogP contribution in [0.2, 0.25) is 0 Å². The van der Waals surface area contributed by atoms with Gasteiger partial charge in [-0.05, 0) is 17.5 Å². The number of aliphatic hydroxyl groups excluding tert-OH is 1. The highest BCUT2D eigenvalue weighted by Crippen LogP contribution is 2.30. The monoisotopic (exact) mass is 285 g/mol. The lowest BCUT2D eigenvalue weighted by atomic mass is 10.1. The summed E-state index contributed by atoms with van der Waals surface area (Å²) >= 11 is 1.62. The van der Waals surface area contributed by atoms with E-state index in [4.69, 9.17) is 0 Å². The molecule has 1 N–H and O–H groups in total. The first-order valence-corrected chi connectivity index (χ1v) is 7.24. The Bertz CT molecular complexity index is 698. The van der Waals surface area contributed by atoms with E-state index in [-0.39, 0.29) is 0 Å². The molecule has 1 unspecified atom stereocenters. The summed E-state index contributed by atoms with van der Waals surface area (Å²) in [6, 6.07) is 10.2. The van der Waals surface area contributed by atoms with Crippen molar-refractivity contribution in [3.05, 3.63) is 59.8 Å². The lowest BCUT2D eigenvalue weighted by Gasteiger charge is -2.04. The molecule has 0 fully saturated rings. The van der Waals surface area contributed by atoms with E-state index in [9.17, 15) is 5.11 Å². The first kappa shape index (κ1) is 13.0. The average Bonchev–Trinajstić information content (AvgIpc) is 3.05. The molecule has 0 aliphatic heterocycles. The van der Waals surface area contributed by atoms with Gasteiger partial charge in [0.05, 0.1) is 18.3 Å². The third-order valence-corrected chi connectivity index (χ3v) is 4.30. The van der Waals surface area contributed by atoms with Crippen molar-refractivity contribution in [1.29, 1.82) is 0 Å². The minimum absolute atomic E-state index is 0.476. The number of benzene rings is 1. The molecule has 0 bridgehead atoms. The Kier molecular flexibility index (Phi) is 3.62. The molecule has 0 radical (unpaired) electrons. The maximum Gasteiger partial charge on any atom is 0.0938 e. The fourth-order valence-electron chi connectivity index (χ4n) is 2.12. The zero-order valence-corrected chi connectivity index (χ0v) is 11.8. The molecule has 1 aromatic carbocycles. The predicted octanol–water partition coefficient (Wildman–Crippen LogP) is 2.95. The Morgan fingerprint density at radius 1 is 1.40 bits per heavy atom. The van der Waals surface area contributed by atoms with Crippen molar-refractivity contribution in [3.8, 4) is 0 Å². The van der Waals surface area contributed by atoms with Crippen LogP contribution in [0.5, 0.6) is 0 Å². The fourth-order valence-corrected chi connectivity index (χ4v) is 3.17. The van der Waals surface area contributed by atoms with E-state index in [1.165, 1.54) is 10.1 Å². The van der Waals surface area contributed by atoms with Crippen LogP contribution < -0.4 is 0 Å². The molecule has 0 spiro atoms. The van der Waals surface area contributed by atoms with E-state index in [1.807, 2.05) is 24.4 Å². The largest absolute Gasteiger partial charge is 0.387 e. The van der Waals surface area contributed by atoms with E-state index in [2.05, 4.69) is 29.0 Å². The van der Waals surface area contributed by atoms with E-state index < -0.39 is 6.10 Å². The lowest BCUT2D eigenvalue weighted by molar-refractivity contribution is 0.181. The van der Waals surface area contributed by atoms with Gasteiger partial charge in [0.15, 0.2) is 0 Å². The van der Waals surface area contributed by atoms with Crippen LogP contribution in [0.1, 0.15) is 16.7 Å². The number of nitrogens with zero attached hydrogens (tertiary/aromatic N) is 3. The second kappa shape index (κ2) is 5.56. The lowest BCUT2D eigenvalue weighted by Crippen LogP contribution is -1.99. The van der Waals surface area contributed by atoms with Crippen molar-refractivity contribution >= 4 is 21.4 Å². The van der Waals surface area contributed by atoms with Gasteiger partial charge in [0.1, 0.15) is 0 Å². The van der Waals surface area contributed by atoms with E-state index in [0.717, 1.165) is 10.6 Å². The van der Waals surface area contributed by atoms with Gasteiger partial charge >= 0.3 is 0 Å². The first-order valence-electron chi connectivity index (χ1n) is 6.42. The smallest absolute Gasteiger partial charge is 0.0938 e. The number of fused-ring (bicyclic) bond motifs is 1. The summed E-state index contributed by atoms with van der Waals surface area (Å²) in [6.07, 6.45) is 3.55. The van der Waals surface area contributed by atoms with Crippen molar-refractivity contribution in [1.82, 2.24) is 15.0 Å². The van der Waals surface area contributed by atoms with Gasteiger partial charge in [-0.3, -0.25) is 0 Å². The van der Waals surface area contributed by atoms with Crippen molar-refractivity contribution in [2.75, 3.05) is 0 Å². The summed E-state index contributed by atoms with van der Waals surface area (Å²) in [5.74, 6) is 0. The van der Waals surface area contributed by atoms with Crippen LogP contribution in [0.25, 0.3) is 10.1 Å². The average molecular weight is 285 g/mol. The molecule has 0 aliphatic carbocycles. The number of hydrogen-bond acceptors (Lipinski definition) is 4. The summed E-state index contributed by atoms with van der Waals surface area (Å²) in [7, 11) is 0. The summed E-state index contributed by atoms with van der Waals surface area (Å²) < 4.78 is 2.90. The molecule has 3 aromatic rings. The van der Waals surface area contributed by atoms with Crippen LogP contribution in [0.3, 0.4) is 0 Å². The van der Waals surface area contributed by atoms with Crippen LogP contribution in [0.15, 0.2) is 49.2 Å². The van der Waals surface area contributed by atoms with Gasteiger partial charge in [-0.15, -0.1) is 23.0 Å². The number of aromatic nitrogens is 3.